The van der Waals surface area contributed by atoms with Crippen LogP contribution in [0.5, 0.6) is 0 Å². The van der Waals surface area contributed by atoms with Crippen molar-refractivity contribution in [2.45, 2.75) is 17.0 Å². The molecule has 0 amide bonds. The molecule has 0 saturated carbocycles. The number of rotatable bonds is 4. The molecule has 0 aliphatic heterocycles. The number of fused-ring (bicyclic) bond motifs is 1. The molecule has 4 rings (SSSR count). The Kier molecular flexibility index (Phi) is 4.53. The van der Waals surface area contributed by atoms with E-state index in [0.29, 0.717) is 22.3 Å². The third kappa shape index (κ3) is 3.77. The molecule has 0 unspecified atom stereocenters. The molecule has 0 bridgehead atoms. The van der Waals surface area contributed by atoms with Gasteiger partial charge in [-0.2, -0.15) is 22.8 Å². The van der Waals surface area contributed by atoms with Crippen LogP contribution in [-0.2, 0) is 11.9 Å². The zero-order valence-corrected chi connectivity index (χ0v) is 14.6. The molecule has 3 aromatic heterocycles. The largest absolute Gasteiger partial charge is 0.416 e. The zero-order chi connectivity index (χ0) is 18.9. The van der Waals surface area contributed by atoms with Gasteiger partial charge in [0.1, 0.15) is 5.03 Å². The lowest BCUT2D eigenvalue weighted by Crippen LogP contribution is -2.04. The van der Waals surface area contributed by atoms with E-state index in [1.54, 1.807) is 29.0 Å². The number of alkyl halides is 3. The maximum atomic E-state index is 12.6. The van der Waals surface area contributed by atoms with Crippen molar-refractivity contribution in [2.75, 3.05) is 0 Å². The van der Waals surface area contributed by atoms with Crippen LogP contribution in [0.15, 0.2) is 66.0 Å². The number of aromatic nitrogens is 5. The molecule has 0 atom stereocenters. The third-order valence-electron chi connectivity index (χ3n) is 3.83. The standard InChI is InChI=1S/C18H12F3N5S/c19-18(20,21)14-5-3-12(4-6-14)11-27-16-8-7-15-23-24-17(26(15)25-16)13-2-1-9-22-10-13/h1-10H,11H2. The second-order valence-corrected chi connectivity index (χ2v) is 6.69. The fourth-order valence-electron chi connectivity index (χ4n) is 2.47. The molecular weight excluding hydrogens is 375 g/mol. The van der Waals surface area contributed by atoms with Gasteiger partial charge in [-0.1, -0.05) is 23.9 Å². The highest BCUT2D eigenvalue weighted by Gasteiger charge is 2.29. The Bertz CT molecular complexity index is 1060. The van der Waals surface area contributed by atoms with E-state index in [9.17, 15) is 13.2 Å². The second-order valence-electron chi connectivity index (χ2n) is 5.69. The molecule has 9 heteroatoms. The van der Waals surface area contributed by atoms with Crippen LogP contribution in [0.4, 0.5) is 13.2 Å². The van der Waals surface area contributed by atoms with Crippen molar-refractivity contribution < 1.29 is 13.2 Å². The SMILES string of the molecule is FC(F)(F)c1ccc(CSc2ccc3nnc(-c4cccnc4)n3n2)cc1. The first-order chi connectivity index (χ1) is 13.0. The lowest BCUT2D eigenvalue weighted by atomic mass is 10.1. The molecule has 0 aliphatic rings. The minimum atomic E-state index is -4.32. The molecule has 0 radical (unpaired) electrons. The Morgan fingerprint density at radius 3 is 2.48 bits per heavy atom. The molecule has 0 saturated heterocycles. The Morgan fingerprint density at radius 2 is 1.78 bits per heavy atom. The number of thioether (sulfide) groups is 1. The highest BCUT2D eigenvalue weighted by atomic mass is 32.2. The van der Waals surface area contributed by atoms with Gasteiger partial charge in [0.15, 0.2) is 11.5 Å². The Morgan fingerprint density at radius 1 is 0.963 bits per heavy atom. The molecule has 0 aliphatic carbocycles. The van der Waals surface area contributed by atoms with E-state index in [4.69, 9.17) is 0 Å². The van der Waals surface area contributed by atoms with Crippen molar-refractivity contribution in [1.82, 2.24) is 24.8 Å². The summed E-state index contributed by atoms with van der Waals surface area (Å²) >= 11 is 1.42. The van der Waals surface area contributed by atoms with Crippen molar-refractivity contribution >= 4 is 17.4 Å². The van der Waals surface area contributed by atoms with E-state index in [1.165, 1.54) is 23.9 Å². The molecule has 0 fully saturated rings. The molecule has 3 heterocycles. The third-order valence-corrected chi connectivity index (χ3v) is 4.82. The number of pyridine rings is 1. The van der Waals surface area contributed by atoms with Gasteiger partial charge in [-0.25, -0.2) is 0 Å². The van der Waals surface area contributed by atoms with E-state index < -0.39 is 11.7 Å². The lowest BCUT2D eigenvalue weighted by molar-refractivity contribution is -0.137. The molecule has 4 aromatic rings. The fraction of sp³-hybridized carbons (Fsp3) is 0.111. The van der Waals surface area contributed by atoms with E-state index >= 15 is 0 Å². The van der Waals surface area contributed by atoms with E-state index in [2.05, 4.69) is 20.3 Å². The van der Waals surface area contributed by atoms with Gasteiger partial charge in [-0.05, 0) is 42.0 Å². The fourth-order valence-corrected chi connectivity index (χ4v) is 3.28. The van der Waals surface area contributed by atoms with E-state index in [0.717, 1.165) is 23.3 Å². The summed E-state index contributed by atoms with van der Waals surface area (Å²) in [7, 11) is 0. The lowest BCUT2D eigenvalue weighted by Gasteiger charge is -2.07. The summed E-state index contributed by atoms with van der Waals surface area (Å²) < 4.78 is 39.5. The Labute approximate surface area is 156 Å². The topological polar surface area (TPSA) is 56.0 Å². The van der Waals surface area contributed by atoms with Gasteiger partial charge in [0, 0.05) is 23.7 Å². The van der Waals surface area contributed by atoms with Crippen molar-refractivity contribution in [3.63, 3.8) is 0 Å². The average Bonchev–Trinajstić information content (AvgIpc) is 3.10. The van der Waals surface area contributed by atoms with Gasteiger partial charge in [0.05, 0.1) is 5.56 Å². The van der Waals surface area contributed by atoms with Gasteiger partial charge in [-0.3, -0.25) is 4.98 Å². The molecule has 5 nitrogen and oxygen atoms in total. The quantitative estimate of drug-likeness (QED) is 0.483. The number of halogens is 3. The average molecular weight is 387 g/mol. The summed E-state index contributed by atoms with van der Waals surface area (Å²) in [4.78, 5) is 4.08. The summed E-state index contributed by atoms with van der Waals surface area (Å²) in [6, 6.07) is 12.4. The number of hydrogen-bond acceptors (Lipinski definition) is 5. The predicted octanol–water partition coefficient (Wildman–Crippen LogP) is 4.50. The molecule has 0 spiro atoms. The molecular formula is C18H12F3N5S. The molecule has 27 heavy (non-hydrogen) atoms. The van der Waals surface area contributed by atoms with Gasteiger partial charge in [-0.15, -0.1) is 10.2 Å². The van der Waals surface area contributed by atoms with Gasteiger partial charge in [0.25, 0.3) is 0 Å². The normalized spacial score (nSPS) is 11.8. The molecule has 0 N–H and O–H groups in total. The van der Waals surface area contributed by atoms with Crippen LogP contribution < -0.4 is 0 Å². The first kappa shape index (κ1) is 17.5. The summed E-state index contributed by atoms with van der Waals surface area (Å²) in [5.74, 6) is 1.08. The van der Waals surface area contributed by atoms with Gasteiger partial charge in [0.2, 0.25) is 0 Å². The van der Waals surface area contributed by atoms with Crippen LogP contribution in [0.25, 0.3) is 17.0 Å². The van der Waals surface area contributed by atoms with Crippen LogP contribution in [0.2, 0.25) is 0 Å². The molecule has 136 valence electrons. The van der Waals surface area contributed by atoms with E-state index in [1.807, 2.05) is 12.1 Å². The van der Waals surface area contributed by atoms with Crippen molar-refractivity contribution in [2.24, 2.45) is 0 Å². The molecule has 1 aromatic carbocycles. The van der Waals surface area contributed by atoms with Gasteiger partial charge < -0.3 is 0 Å². The maximum absolute atomic E-state index is 12.6. The van der Waals surface area contributed by atoms with Crippen LogP contribution in [-0.4, -0.2) is 24.8 Å². The minimum Gasteiger partial charge on any atom is -0.264 e. The monoisotopic (exact) mass is 387 g/mol. The zero-order valence-electron chi connectivity index (χ0n) is 13.8. The Hall–Kier alpha value is -2.94. The van der Waals surface area contributed by atoms with Crippen LogP contribution in [0, 0.1) is 0 Å². The first-order valence-corrected chi connectivity index (χ1v) is 8.91. The summed E-state index contributed by atoms with van der Waals surface area (Å²) in [5, 5.41) is 13.5. The number of benzene rings is 1. The number of nitrogens with zero attached hydrogens (tertiary/aromatic N) is 5. The summed E-state index contributed by atoms with van der Waals surface area (Å²) in [6.07, 6.45) is -0.971. The van der Waals surface area contributed by atoms with Crippen molar-refractivity contribution in [1.29, 1.82) is 0 Å². The maximum Gasteiger partial charge on any atom is 0.416 e. The van der Waals surface area contributed by atoms with Crippen LogP contribution in [0.1, 0.15) is 11.1 Å². The summed E-state index contributed by atoms with van der Waals surface area (Å²) in [6.45, 7) is 0. The van der Waals surface area contributed by atoms with Gasteiger partial charge >= 0.3 is 6.18 Å². The second kappa shape index (κ2) is 6.99. The Balaban J connectivity index is 1.54. The predicted molar refractivity (Wildman–Crippen MR) is 95.0 cm³/mol. The van der Waals surface area contributed by atoms with Crippen molar-refractivity contribution in [3.05, 3.63) is 72.1 Å². The van der Waals surface area contributed by atoms with Crippen molar-refractivity contribution in [3.8, 4) is 11.4 Å². The van der Waals surface area contributed by atoms with Crippen LogP contribution in [0.3, 0.4) is 0 Å². The number of hydrogen-bond donors (Lipinski definition) is 0. The first-order valence-electron chi connectivity index (χ1n) is 7.92. The highest BCUT2D eigenvalue weighted by molar-refractivity contribution is 7.98. The highest BCUT2D eigenvalue weighted by Crippen LogP contribution is 2.30. The summed E-state index contributed by atoms with van der Waals surface area (Å²) in [5.41, 5.74) is 1.53. The smallest absolute Gasteiger partial charge is 0.264 e. The minimum absolute atomic E-state index is 0.501. The van der Waals surface area contributed by atoms with Crippen LogP contribution >= 0.6 is 11.8 Å². The van der Waals surface area contributed by atoms with E-state index in [-0.39, 0.29) is 0 Å².